The second kappa shape index (κ2) is 8.14. The van der Waals surface area contributed by atoms with Crippen LogP contribution in [0.25, 0.3) is 0 Å². The molecule has 5 rings (SSSR count). The van der Waals surface area contributed by atoms with Crippen molar-refractivity contribution >= 4 is 35.1 Å². The lowest BCUT2D eigenvalue weighted by molar-refractivity contribution is -0.123. The Hall–Kier alpha value is -3.48. The Morgan fingerprint density at radius 2 is 1.61 bits per heavy atom. The molecule has 0 radical (unpaired) electrons. The number of imide groups is 1. The Kier molecular flexibility index (Phi) is 5.27. The van der Waals surface area contributed by atoms with Gasteiger partial charge >= 0.3 is 5.97 Å². The van der Waals surface area contributed by atoms with Gasteiger partial charge in [-0.05, 0) is 86.4 Å². The van der Waals surface area contributed by atoms with Gasteiger partial charge in [0.15, 0.2) is 6.61 Å². The molecule has 4 atom stereocenters. The normalized spacial score (nSPS) is 25.3. The van der Waals surface area contributed by atoms with Crippen molar-refractivity contribution in [2.75, 3.05) is 16.8 Å². The van der Waals surface area contributed by atoms with Crippen LogP contribution in [0.4, 0.5) is 11.4 Å². The zero-order chi connectivity index (χ0) is 23.3. The van der Waals surface area contributed by atoms with Gasteiger partial charge in [-0.15, -0.1) is 0 Å². The van der Waals surface area contributed by atoms with Gasteiger partial charge in [-0.25, -0.2) is 4.79 Å². The number of nitrogens with one attached hydrogen (secondary N) is 1. The first-order valence-corrected chi connectivity index (χ1v) is 11.4. The minimum Gasteiger partial charge on any atom is -0.452 e. The fraction of sp³-hybridized carbons (Fsp3) is 0.385. The minimum atomic E-state index is -0.647. The molecule has 1 saturated heterocycles. The summed E-state index contributed by atoms with van der Waals surface area (Å²) in [7, 11) is 0. The van der Waals surface area contributed by atoms with E-state index < -0.39 is 18.5 Å². The molecule has 2 aromatic rings. The third kappa shape index (κ3) is 3.71. The molecule has 3 amide bonds. The van der Waals surface area contributed by atoms with Gasteiger partial charge in [0.2, 0.25) is 11.8 Å². The lowest BCUT2D eigenvalue weighted by Gasteiger charge is -2.19. The van der Waals surface area contributed by atoms with Crippen LogP contribution < -0.4 is 10.2 Å². The van der Waals surface area contributed by atoms with E-state index in [1.165, 1.54) is 17.0 Å². The van der Waals surface area contributed by atoms with Crippen LogP contribution in [0.5, 0.6) is 0 Å². The first kappa shape index (κ1) is 21.4. The topological polar surface area (TPSA) is 92.8 Å². The van der Waals surface area contributed by atoms with Crippen molar-refractivity contribution in [1.29, 1.82) is 0 Å². The molecule has 1 aliphatic heterocycles. The maximum absolute atomic E-state index is 12.9. The van der Waals surface area contributed by atoms with Crippen molar-refractivity contribution in [3.63, 3.8) is 0 Å². The van der Waals surface area contributed by atoms with Crippen LogP contribution in [0.15, 0.2) is 42.5 Å². The molecule has 2 aliphatic carbocycles. The summed E-state index contributed by atoms with van der Waals surface area (Å²) < 4.78 is 5.14. The Morgan fingerprint density at radius 1 is 0.970 bits per heavy atom. The van der Waals surface area contributed by atoms with E-state index in [1.54, 1.807) is 12.1 Å². The Labute approximate surface area is 192 Å². The SMILES string of the molecule is Cc1ccc(C)c(NC(=O)COC(=O)c2ccc(N3C(=O)[C@@H]4[C@H]5CC[C@@H](C5)[C@H]4C3=O)cc2)c1. The molecule has 2 aromatic carbocycles. The van der Waals surface area contributed by atoms with Gasteiger partial charge in [-0.2, -0.15) is 0 Å². The maximum Gasteiger partial charge on any atom is 0.338 e. The number of carbonyl (C=O) groups is 4. The molecule has 0 unspecified atom stereocenters. The van der Waals surface area contributed by atoms with Gasteiger partial charge in [0.1, 0.15) is 0 Å². The second-order valence-corrected chi connectivity index (χ2v) is 9.39. The van der Waals surface area contributed by atoms with Crippen LogP contribution in [0.2, 0.25) is 0 Å². The summed E-state index contributed by atoms with van der Waals surface area (Å²) in [5.74, 6) is -1.02. The molecule has 2 saturated carbocycles. The molecular weight excluding hydrogens is 420 g/mol. The number of aryl methyl sites for hydroxylation is 2. The molecule has 3 aliphatic rings. The number of rotatable bonds is 5. The highest BCUT2D eigenvalue weighted by Gasteiger charge is 2.61. The molecule has 7 heteroatoms. The molecule has 1 heterocycles. The molecule has 0 aromatic heterocycles. The third-order valence-electron chi connectivity index (χ3n) is 7.29. The average Bonchev–Trinajstić information content (AvgIpc) is 3.48. The summed E-state index contributed by atoms with van der Waals surface area (Å²) >= 11 is 0. The first-order valence-electron chi connectivity index (χ1n) is 11.4. The van der Waals surface area contributed by atoms with Crippen molar-refractivity contribution in [3.8, 4) is 0 Å². The van der Waals surface area contributed by atoms with Crippen molar-refractivity contribution in [3.05, 3.63) is 59.2 Å². The van der Waals surface area contributed by atoms with E-state index >= 15 is 0 Å². The predicted molar refractivity (Wildman–Crippen MR) is 122 cm³/mol. The molecule has 3 fully saturated rings. The Balaban J connectivity index is 1.20. The smallest absolute Gasteiger partial charge is 0.338 e. The average molecular weight is 447 g/mol. The molecular formula is C26H26N2O5. The summed E-state index contributed by atoms with van der Waals surface area (Å²) in [5.41, 5.74) is 3.33. The van der Waals surface area contributed by atoms with Gasteiger partial charge in [-0.3, -0.25) is 19.3 Å². The highest BCUT2D eigenvalue weighted by atomic mass is 16.5. The number of benzene rings is 2. The summed E-state index contributed by atoms with van der Waals surface area (Å²) in [6, 6.07) is 11.9. The quantitative estimate of drug-likeness (QED) is 0.559. The monoisotopic (exact) mass is 446 g/mol. The van der Waals surface area contributed by atoms with Crippen molar-refractivity contribution in [2.45, 2.75) is 33.1 Å². The number of anilines is 2. The molecule has 1 N–H and O–H groups in total. The zero-order valence-electron chi connectivity index (χ0n) is 18.7. The van der Waals surface area contributed by atoms with Gasteiger partial charge in [-0.1, -0.05) is 12.1 Å². The fourth-order valence-corrected chi connectivity index (χ4v) is 5.68. The van der Waals surface area contributed by atoms with Crippen LogP contribution in [-0.4, -0.2) is 30.3 Å². The third-order valence-corrected chi connectivity index (χ3v) is 7.29. The van der Waals surface area contributed by atoms with E-state index in [9.17, 15) is 19.2 Å². The maximum atomic E-state index is 12.9. The lowest BCUT2D eigenvalue weighted by atomic mass is 9.81. The molecule has 0 spiro atoms. The molecule has 170 valence electrons. The molecule has 7 nitrogen and oxygen atoms in total. The van der Waals surface area contributed by atoms with E-state index in [0.29, 0.717) is 23.2 Å². The number of ether oxygens (including phenoxy) is 1. The lowest BCUT2D eigenvalue weighted by Crippen LogP contribution is -2.32. The van der Waals surface area contributed by atoms with Crippen LogP contribution >= 0.6 is 0 Å². The first-order chi connectivity index (χ1) is 15.8. The van der Waals surface area contributed by atoms with E-state index in [0.717, 1.165) is 30.4 Å². The molecule has 2 bridgehead atoms. The summed E-state index contributed by atoms with van der Waals surface area (Å²) in [4.78, 5) is 51.8. The van der Waals surface area contributed by atoms with E-state index in [2.05, 4.69) is 5.32 Å². The predicted octanol–water partition coefficient (Wildman–Crippen LogP) is 3.63. The van der Waals surface area contributed by atoms with Crippen molar-refractivity contribution in [1.82, 2.24) is 0 Å². The van der Waals surface area contributed by atoms with Crippen LogP contribution in [0.3, 0.4) is 0 Å². The molecule has 33 heavy (non-hydrogen) atoms. The number of nitrogens with zero attached hydrogens (tertiary/aromatic N) is 1. The van der Waals surface area contributed by atoms with Crippen molar-refractivity contribution in [2.24, 2.45) is 23.7 Å². The summed E-state index contributed by atoms with van der Waals surface area (Å²) in [6.07, 6.45) is 3.05. The Bertz CT molecular complexity index is 1130. The van der Waals surface area contributed by atoms with Crippen LogP contribution in [0.1, 0.15) is 40.7 Å². The standard InChI is InChI=1S/C26H26N2O5/c1-14-3-4-15(2)20(11-14)27-21(29)13-33-26(32)16-7-9-19(10-8-16)28-24(30)22-17-5-6-18(12-17)23(22)25(28)31/h3-4,7-11,17-18,22-23H,5-6,12-13H2,1-2H3,(H,27,29)/t17-,18-,22+,23+/m0/s1. The number of hydrogen-bond acceptors (Lipinski definition) is 5. The van der Waals surface area contributed by atoms with E-state index in [-0.39, 0.29) is 29.2 Å². The van der Waals surface area contributed by atoms with Crippen molar-refractivity contribution < 1.29 is 23.9 Å². The highest BCUT2D eigenvalue weighted by molar-refractivity contribution is 6.22. The minimum absolute atomic E-state index is 0.115. The Morgan fingerprint density at radius 3 is 2.24 bits per heavy atom. The zero-order valence-corrected chi connectivity index (χ0v) is 18.7. The van der Waals surface area contributed by atoms with E-state index in [1.807, 2.05) is 32.0 Å². The van der Waals surface area contributed by atoms with Gasteiger partial charge in [0.05, 0.1) is 23.1 Å². The van der Waals surface area contributed by atoms with Gasteiger partial charge in [0.25, 0.3) is 5.91 Å². The summed E-state index contributed by atoms with van der Waals surface area (Å²) in [6.45, 7) is 3.40. The van der Waals surface area contributed by atoms with Gasteiger partial charge < -0.3 is 10.1 Å². The van der Waals surface area contributed by atoms with Crippen LogP contribution in [0, 0.1) is 37.5 Å². The number of hydrogen-bond donors (Lipinski definition) is 1. The number of amides is 3. The summed E-state index contributed by atoms with van der Waals surface area (Å²) in [5, 5.41) is 2.75. The van der Waals surface area contributed by atoms with Gasteiger partial charge in [0, 0.05) is 5.69 Å². The largest absolute Gasteiger partial charge is 0.452 e. The van der Waals surface area contributed by atoms with E-state index in [4.69, 9.17) is 4.74 Å². The number of carbonyl (C=O) groups excluding carboxylic acids is 4. The second-order valence-electron chi connectivity index (χ2n) is 9.39. The number of esters is 1. The van der Waals surface area contributed by atoms with Crippen LogP contribution in [-0.2, 0) is 19.1 Å². The fourth-order valence-electron chi connectivity index (χ4n) is 5.68. The number of fused-ring (bicyclic) bond motifs is 5. The highest BCUT2D eigenvalue weighted by Crippen LogP contribution is 2.56.